The molecule has 1 heterocycles. The molecule has 1 saturated heterocycles. The van der Waals surface area contributed by atoms with Crippen molar-refractivity contribution in [3.05, 3.63) is 0 Å². The van der Waals surface area contributed by atoms with Crippen LogP contribution in [-0.4, -0.2) is 74.7 Å². The highest BCUT2D eigenvalue weighted by atomic mass is 16.5. The normalized spacial score (nSPS) is 15.1. The third-order valence-corrected chi connectivity index (χ3v) is 4.49. The number of esters is 3. The van der Waals surface area contributed by atoms with Gasteiger partial charge in [-0.2, -0.15) is 0 Å². The van der Waals surface area contributed by atoms with Crippen molar-refractivity contribution in [2.24, 2.45) is 0 Å². The van der Waals surface area contributed by atoms with Gasteiger partial charge in [-0.3, -0.25) is 14.4 Å². The third kappa shape index (κ3) is 10.3. The van der Waals surface area contributed by atoms with Crippen molar-refractivity contribution < 1.29 is 33.4 Å². The van der Waals surface area contributed by atoms with Crippen molar-refractivity contribution >= 4 is 23.8 Å². The van der Waals surface area contributed by atoms with Crippen LogP contribution in [0, 0.1) is 0 Å². The zero-order valence-electron chi connectivity index (χ0n) is 18.3. The number of likely N-dealkylation sites (tertiary alicyclic amines) is 1. The van der Waals surface area contributed by atoms with E-state index in [1.54, 1.807) is 11.8 Å². The van der Waals surface area contributed by atoms with Gasteiger partial charge in [0, 0.05) is 19.4 Å². The molecule has 1 N–H and O–H groups in total. The summed E-state index contributed by atoms with van der Waals surface area (Å²) >= 11 is 0. The highest BCUT2D eigenvalue weighted by Crippen LogP contribution is 2.16. The number of carbonyl (C=O) groups is 4. The Morgan fingerprint density at radius 3 is 2.17 bits per heavy atom. The van der Waals surface area contributed by atoms with Gasteiger partial charge < -0.3 is 24.4 Å². The number of amides is 1. The first-order valence-corrected chi connectivity index (χ1v) is 10.2. The molecule has 9 nitrogen and oxygen atoms in total. The molecular weight excluding hydrogens is 380 g/mol. The molecule has 0 aliphatic carbocycles. The monoisotopic (exact) mass is 416 g/mol. The maximum atomic E-state index is 11.3. The smallest absolute Gasteiger partial charge is 0.328 e. The second-order valence-corrected chi connectivity index (χ2v) is 6.48. The Morgan fingerprint density at radius 1 is 1.07 bits per heavy atom. The van der Waals surface area contributed by atoms with Crippen LogP contribution in [0.25, 0.3) is 0 Å². The van der Waals surface area contributed by atoms with Crippen LogP contribution in [0.15, 0.2) is 0 Å². The number of methoxy groups -OCH3 is 2. The van der Waals surface area contributed by atoms with E-state index in [-0.39, 0.29) is 35.9 Å². The lowest BCUT2D eigenvalue weighted by molar-refractivity contribution is -0.151. The minimum Gasteiger partial charge on any atom is -0.468 e. The van der Waals surface area contributed by atoms with E-state index in [9.17, 15) is 19.2 Å². The molecule has 2 atom stereocenters. The number of nitrogens with one attached hydrogen (secondary N) is 1. The zero-order valence-corrected chi connectivity index (χ0v) is 18.3. The summed E-state index contributed by atoms with van der Waals surface area (Å²) in [6.07, 6.45) is 3.75. The summed E-state index contributed by atoms with van der Waals surface area (Å²) in [4.78, 5) is 46.4. The molecule has 0 aromatic rings. The summed E-state index contributed by atoms with van der Waals surface area (Å²) in [6.45, 7) is 7.26. The molecule has 0 saturated carbocycles. The third-order valence-electron chi connectivity index (χ3n) is 4.49. The fraction of sp³-hybridized carbons (Fsp3) is 0.800. The average Bonchev–Trinajstić information content (AvgIpc) is 3.14. The van der Waals surface area contributed by atoms with Crippen LogP contribution in [0.3, 0.4) is 0 Å². The fourth-order valence-electron chi connectivity index (χ4n) is 2.93. The molecular formula is C20H36N2O7. The van der Waals surface area contributed by atoms with Gasteiger partial charge in [-0.25, -0.2) is 4.79 Å². The minimum atomic E-state index is -0.375. The topological polar surface area (TPSA) is 111 Å². The standard InChI is InChI=1S/C11H21NO4.C9H15NO3/c1-4-9(11(14)15-3)12-8-6-7-10(13)16-5-2;1-3-7(9(12)13-2)10-6-4-5-8(10)11/h9,12H,4-8H2,1-3H3;7H,3-6H2,1-2H3/t9-;/m0./s1. The van der Waals surface area contributed by atoms with Crippen LogP contribution in [0.4, 0.5) is 0 Å². The lowest BCUT2D eigenvalue weighted by atomic mass is 10.2. The van der Waals surface area contributed by atoms with Gasteiger partial charge in [0.1, 0.15) is 12.1 Å². The van der Waals surface area contributed by atoms with Crippen molar-refractivity contribution in [3.8, 4) is 0 Å². The molecule has 1 rings (SSSR count). The van der Waals surface area contributed by atoms with Gasteiger partial charge in [-0.05, 0) is 39.2 Å². The molecule has 1 unspecified atom stereocenters. The Labute approximate surface area is 173 Å². The van der Waals surface area contributed by atoms with Crippen LogP contribution < -0.4 is 5.32 Å². The Hall–Kier alpha value is -2.16. The van der Waals surface area contributed by atoms with Crippen molar-refractivity contribution in [3.63, 3.8) is 0 Å². The predicted octanol–water partition coefficient (Wildman–Crippen LogP) is 1.43. The van der Waals surface area contributed by atoms with Crippen LogP contribution in [-0.2, 0) is 33.4 Å². The largest absolute Gasteiger partial charge is 0.468 e. The van der Waals surface area contributed by atoms with Crippen molar-refractivity contribution in [2.45, 2.75) is 71.4 Å². The van der Waals surface area contributed by atoms with E-state index in [2.05, 4.69) is 14.8 Å². The molecule has 0 radical (unpaired) electrons. The van der Waals surface area contributed by atoms with Gasteiger partial charge in [0.05, 0.1) is 20.8 Å². The van der Waals surface area contributed by atoms with Gasteiger partial charge >= 0.3 is 17.9 Å². The van der Waals surface area contributed by atoms with E-state index in [4.69, 9.17) is 4.74 Å². The zero-order chi connectivity index (χ0) is 22.2. The lowest BCUT2D eigenvalue weighted by Crippen LogP contribution is -2.42. The summed E-state index contributed by atoms with van der Waals surface area (Å²) in [5.74, 6) is -0.705. The predicted molar refractivity (Wildman–Crippen MR) is 107 cm³/mol. The number of ether oxygens (including phenoxy) is 3. The Kier molecular flexibility index (Phi) is 14.6. The first kappa shape index (κ1) is 26.8. The van der Waals surface area contributed by atoms with Gasteiger partial charge in [0.2, 0.25) is 5.91 Å². The van der Waals surface area contributed by atoms with E-state index in [1.165, 1.54) is 14.2 Å². The van der Waals surface area contributed by atoms with Gasteiger partial charge in [0.15, 0.2) is 0 Å². The minimum absolute atomic E-state index is 0.0669. The second kappa shape index (κ2) is 15.7. The number of hydrogen-bond acceptors (Lipinski definition) is 8. The lowest BCUT2D eigenvalue weighted by Gasteiger charge is -2.23. The highest BCUT2D eigenvalue weighted by Gasteiger charge is 2.31. The van der Waals surface area contributed by atoms with Gasteiger partial charge in [-0.15, -0.1) is 0 Å². The van der Waals surface area contributed by atoms with E-state index in [0.717, 1.165) is 6.42 Å². The molecule has 0 aromatic heterocycles. The van der Waals surface area contributed by atoms with E-state index >= 15 is 0 Å². The van der Waals surface area contributed by atoms with Crippen molar-refractivity contribution in [1.29, 1.82) is 0 Å². The fourth-order valence-corrected chi connectivity index (χ4v) is 2.93. The Bertz CT molecular complexity index is 525. The molecule has 0 spiro atoms. The number of rotatable bonds is 11. The van der Waals surface area contributed by atoms with Crippen LogP contribution in [0.5, 0.6) is 0 Å². The van der Waals surface area contributed by atoms with Crippen LogP contribution in [0.2, 0.25) is 0 Å². The first-order chi connectivity index (χ1) is 13.9. The molecule has 0 bridgehead atoms. The van der Waals surface area contributed by atoms with E-state index in [0.29, 0.717) is 51.8 Å². The summed E-state index contributed by atoms with van der Waals surface area (Å²) < 4.78 is 14.0. The molecule has 29 heavy (non-hydrogen) atoms. The quantitative estimate of drug-likeness (QED) is 0.306. The van der Waals surface area contributed by atoms with Crippen molar-refractivity contribution in [1.82, 2.24) is 10.2 Å². The molecule has 1 aliphatic rings. The number of carbonyl (C=O) groups excluding carboxylic acids is 4. The maximum absolute atomic E-state index is 11.3. The first-order valence-electron chi connectivity index (χ1n) is 10.2. The van der Waals surface area contributed by atoms with E-state index < -0.39 is 0 Å². The summed E-state index contributed by atoms with van der Waals surface area (Å²) in [5, 5.41) is 3.04. The summed E-state index contributed by atoms with van der Waals surface area (Å²) in [7, 11) is 2.72. The summed E-state index contributed by atoms with van der Waals surface area (Å²) in [5.41, 5.74) is 0. The van der Waals surface area contributed by atoms with Crippen LogP contribution in [0.1, 0.15) is 59.3 Å². The molecule has 1 aliphatic heterocycles. The Morgan fingerprint density at radius 2 is 1.72 bits per heavy atom. The average molecular weight is 417 g/mol. The van der Waals surface area contributed by atoms with E-state index in [1.807, 2.05) is 13.8 Å². The van der Waals surface area contributed by atoms with Gasteiger partial charge in [0.25, 0.3) is 0 Å². The molecule has 0 aromatic carbocycles. The molecule has 9 heteroatoms. The molecule has 1 amide bonds. The molecule has 1 fully saturated rings. The number of nitrogens with zero attached hydrogens (tertiary/aromatic N) is 1. The maximum Gasteiger partial charge on any atom is 0.328 e. The Balaban J connectivity index is 0.000000551. The highest BCUT2D eigenvalue weighted by molar-refractivity contribution is 5.85. The number of hydrogen-bond donors (Lipinski definition) is 1. The summed E-state index contributed by atoms with van der Waals surface area (Å²) in [6, 6.07) is -0.660. The second-order valence-electron chi connectivity index (χ2n) is 6.48. The molecule has 168 valence electrons. The van der Waals surface area contributed by atoms with Crippen LogP contribution >= 0.6 is 0 Å². The van der Waals surface area contributed by atoms with Gasteiger partial charge in [-0.1, -0.05) is 13.8 Å². The van der Waals surface area contributed by atoms with Crippen molar-refractivity contribution in [2.75, 3.05) is 33.9 Å². The SMILES string of the molecule is CCC(C(=O)OC)N1CCCC1=O.CCOC(=O)CCCN[C@@H](CC)C(=O)OC.